The number of aliphatic hydroxyl groups excluding tert-OH is 2. The molecule has 2 rings (SSSR count). The van der Waals surface area contributed by atoms with Crippen molar-refractivity contribution >= 4 is 32.5 Å². The third-order valence-corrected chi connectivity index (χ3v) is 4.29. The minimum atomic E-state index is -3.75. The molecule has 0 spiro atoms. The minimum absolute atomic E-state index is 0.0549. The van der Waals surface area contributed by atoms with Crippen LogP contribution in [0.5, 0.6) is 0 Å². The molecule has 0 bridgehead atoms. The third kappa shape index (κ3) is 3.44. The average Bonchev–Trinajstić information content (AvgIpc) is 2.44. The highest BCUT2D eigenvalue weighted by Gasteiger charge is 2.16. The van der Waals surface area contributed by atoms with Gasteiger partial charge in [-0.15, -0.1) is 0 Å². The number of nitrogens with one attached hydrogen (secondary N) is 1. The zero-order chi connectivity index (χ0) is 14.8. The van der Waals surface area contributed by atoms with Crippen LogP contribution in [0, 0.1) is 0 Å². The van der Waals surface area contributed by atoms with E-state index in [1.807, 2.05) is 0 Å². The Labute approximate surface area is 121 Å². The van der Waals surface area contributed by atoms with E-state index in [4.69, 9.17) is 21.8 Å². The summed E-state index contributed by atoms with van der Waals surface area (Å²) in [4.78, 5) is 4.12. The molecule has 0 saturated carbocycles. The van der Waals surface area contributed by atoms with E-state index in [9.17, 15) is 8.42 Å². The van der Waals surface area contributed by atoms with Crippen molar-refractivity contribution in [1.29, 1.82) is 0 Å². The van der Waals surface area contributed by atoms with E-state index >= 15 is 0 Å². The van der Waals surface area contributed by atoms with Gasteiger partial charge in [0.05, 0.1) is 23.1 Å². The maximum absolute atomic E-state index is 12.0. The van der Waals surface area contributed by atoms with Crippen molar-refractivity contribution in [3.05, 3.63) is 35.5 Å². The van der Waals surface area contributed by atoms with Crippen LogP contribution in [0.2, 0.25) is 5.15 Å². The van der Waals surface area contributed by atoms with Crippen molar-refractivity contribution in [1.82, 2.24) is 9.71 Å². The number of halogens is 1. The van der Waals surface area contributed by atoms with E-state index in [-0.39, 0.29) is 11.4 Å². The molecule has 0 radical (unpaired) electrons. The molecule has 8 heteroatoms. The summed E-state index contributed by atoms with van der Waals surface area (Å²) in [5, 5.41) is 18.8. The van der Waals surface area contributed by atoms with Gasteiger partial charge in [0.1, 0.15) is 5.15 Å². The molecule has 2 aromatic rings. The number of nitrogens with zero attached hydrogens (tertiary/aromatic N) is 1. The number of sulfonamides is 1. The van der Waals surface area contributed by atoms with Crippen molar-refractivity contribution in [2.45, 2.75) is 11.0 Å². The van der Waals surface area contributed by atoms with Crippen LogP contribution in [0.3, 0.4) is 0 Å². The van der Waals surface area contributed by atoms with Gasteiger partial charge in [-0.1, -0.05) is 11.6 Å². The fraction of sp³-hybridized carbons (Fsp3) is 0.250. The topological polar surface area (TPSA) is 99.5 Å². The van der Waals surface area contributed by atoms with E-state index in [0.29, 0.717) is 16.1 Å². The van der Waals surface area contributed by atoms with Gasteiger partial charge < -0.3 is 10.2 Å². The fourth-order valence-corrected chi connectivity index (χ4v) is 2.86. The summed E-state index contributed by atoms with van der Waals surface area (Å²) < 4.78 is 26.2. The maximum Gasteiger partial charge on any atom is 0.240 e. The van der Waals surface area contributed by atoms with Crippen molar-refractivity contribution in [3.63, 3.8) is 0 Å². The SMILES string of the molecule is O=S(=O)(NCC(O)CO)c1ccc2nc(Cl)ccc2c1. The Hall–Kier alpha value is -1.25. The van der Waals surface area contributed by atoms with E-state index in [2.05, 4.69) is 9.71 Å². The molecule has 0 aliphatic heterocycles. The molecule has 1 aromatic carbocycles. The van der Waals surface area contributed by atoms with Crippen LogP contribution in [0.4, 0.5) is 0 Å². The summed E-state index contributed by atoms with van der Waals surface area (Å²) in [7, 11) is -3.75. The van der Waals surface area contributed by atoms with Gasteiger partial charge >= 0.3 is 0 Å². The molecule has 0 fully saturated rings. The molecule has 6 nitrogen and oxygen atoms in total. The maximum atomic E-state index is 12.0. The first-order valence-electron chi connectivity index (χ1n) is 5.77. The molecule has 1 aromatic heterocycles. The number of fused-ring (bicyclic) bond motifs is 1. The molecule has 108 valence electrons. The second-order valence-corrected chi connectivity index (χ2v) is 6.33. The molecule has 0 aliphatic carbocycles. The third-order valence-electron chi connectivity index (χ3n) is 2.66. The summed E-state index contributed by atoms with van der Waals surface area (Å²) >= 11 is 5.76. The smallest absolute Gasteiger partial charge is 0.240 e. The van der Waals surface area contributed by atoms with E-state index in [1.165, 1.54) is 12.1 Å². The molecule has 0 aliphatic rings. The quantitative estimate of drug-likeness (QED) is 0.698. The highest BCUT2D eigenvalue weighted by atomic mass is 35.5. The van der Waals surface area contributed by atoms with E-state index in [1.54, 1.807) is 18.2 Å². The standard InChI is InChI=1S/C12H13ClN2O4S/c13-12-4-1-8-5-10(2-3-11(8)15-12)20(18,19)14-6-9(17)7-16/h1-5,9,14,16-17H,6-7H2. The van der Waals surface area contributed by atoms with Crippen molar-refractivity contribution in [2.75, 3.05) is 13.2 Å². The van der Waals surface area contributed by atoms with E-state index < -0.39 is 22.7 Å². The van der Waals surface area contributed by atoms with E-state index in [0.717, 1.165) is 0 Å². The highest BCUT2D eigenvalue weighted by Crippen LogP contribution is 2.19. The zero-order valence-electron chi connectivity index (χ0n) is 10.3. The second kappa shape index (κ2) is 6.02. The summed E-state index contributed by atoms with van der Waals surface area (Å²) in [5.74, 6) is 0. The lowest BCUT2D eigenvalue weighted by molar-refractivity contribution is 0.0988. The summed E-state index contributed by atoms with van der Waals surface area (Å²) in [6, 6.07) is 7.67. The Kier molecular flexibility index (Phi) is 4.56. The van der Waals surface area contributed by atoms with Crippen LogP contribution in [0.15, 0.2) is 35.2 Å². The van der Waals surface area contributed by atoms with Crippen LogP contribution >= 0.6 is 11.6 Å². The normalized spacial score (nSPS) is 13.6. The highest BCUT2D eigenvalue weighted by molar-refractivity contribution is 7.89. The predicted octanol–water partition coefficient (Wildman–Crippen LogP) is 0.520. The first-order valence-corrected chi connectivity index (χ1v) is 7.63. The van der Waals surface area contributed by atoms with Crippen LogP contribution < -0.4 is 4.72 Å². The number of pyridine rings is 1. The lowest BCUT2D eigenvalue weighted by Crippen LogP contribution is -2.33. The van der Waals surface area contributed by atoms with Crippen LogP contribution in [0.25, 0.3) is 10.9 Å². The Balaban J connectivity index is 2.30. The molecule has 20 heavy (non-hydrogen) atoms. The Morgan fingerprint density at radius 3 is 2.75 bits per heavy atom. The van der Waals surface area contributed by atoms with Gasteiger partial charge in [-0.3, -0.25) is 0 Å². The molecular formula is C12H13ClN2O4S. The Bertz CT molecular complexity index is 720. The van der Waals surface area contributed by atoms with Gasteiger partial charge in [-0.05, 0) is 30.3 Å². The number of aliphatic hydroxyl groups is 2. The summed E-state index contributed by atoms with van der Waals surface area (Å²) in [6.45, 7) is -0.765. The monoisotopic (exact) mass is 316 g/mol. The predicted molar refractivity (Wildman–Crippen MR) is 75.0 cm³/mol. The number of rotatable bonds is 5. The second-order valence-electron chi connectivity index (χ2n) is 4.18. The van der Waals surface area contributed by atoms with Gasteiger partial charge in [0.15, 0.2) is 0 Å². The number of benzene rings is 1. The summed E-state index contributed by atoms with van der Waals surface area (Å²) in [6.07, 6.45) is -1.13. The number of hydrogen-bond donors (Lipinski definition) is 3. The number of aromatic nitrogens is 1. The molecular weight excluding hydrogens is 304 g/mol. The minimum Gasteiger partial charge on any atom is -0.394 e. The van der Waals surface area contributed by atoms with Crippen molar-refractivity contribution in [3.8, 4) is 0 Å². The Morgan fingerprint density at radius 2 is 2.05 bits per heavy atom. The van der Waals surface area contributed by atoms with Crippen LogP contribution in [-0.4, -0.2) is 42.9 Å². The largest absolute Gasteiger partial charge is 0.394 e. The molecule has 1 heterocycles. The van der Waals surface area contributed by atoms with Crippen LogP contribution in [-0.2, 0) is 10.0 Å². The molecule has 0 amide bonds. The van der Waals surface area contributed by atoms with Crippen LogP contribution in [0.1, 0.15) is 0 Å². The first kappa shape index (κ1) is 15.1. The number of hydrogen-bond acceptors (Lipinski definition) is 5. The molecule has 3 N–H and O–H groups in total. The molecule has 1 atom stereocenters. The average molecular weight is 317 g/mol. The van der Waals surface area contributed by atoms with Gasteiger partial charge in [-0.2, -0.15) is 0 Å². The lowest BCUT2D eigenvalue weighted by Gasteiger charge is -2.10. The van der Waals surface area contributed by atoms with Crippen molar-refractivity contribution in [2.24, 2.45) is 0 Å². The Morgan fingerprint density at radius 1 is 1.30 bits per heavy atom. The zero-order valence-corrected chi connectivity index (χ0v) is 11.9. The fourth-order valence-electron chi connectivity index (χ4n) is 1.60. The van der Waals surface area contributed by atoms with Gasteiger partial charge in [0.25, 0.3) is 0 Å². The first-order chi connectivity index (χ1) is 9.42. The van der Waals surface area contributed by atoms with Gasteiger partial charge in [-0.25, -0.2) is 18.1 Å². The summed E-state index contributed by atoms with van der Waals surface area (Å²) in [5.41, 5.74) is 0.590. The van der Waals surface area contributed by atoms with Gasteiger partial charge in [0.2, 0.25) is 10.0 Å². The molecule has 0 saturated heterocycles. The lowest BCUT2D eigenvalue weighted by atomic mass is 10.2. The van der Waals surface area contributed by atoms with Gasteiger partial charge in [0, 0.05) is 11.9 Å². The van der Waals surface area contributed by atoms with Crippen molar-refractivity contribution < 1.29 is 18.6 Å². The molecule has 1 unspecified atom stereocenters.